The van der Waals surface area contributed by atoms with Gasteiger partial charge in [-0.3, -0.25) is 0 Å². The van der Waals surface area contributed by atoms with Gasteiger partial charge in [0.2, 0.25) is 0 Å². The Labute approximate surface area is 101 Å². The summed E-state index contributed by atoms with van der Waals surface area (Å²) in [5.74, 6) is 0. The molecule has 2 rings (SSSR count). The van der Waals surface area contributed by atoms with Crippen LogP contribution in [0.5, 0.6) is 0 Å². The average molecular weight is 236 g/mol. The maximum Gasteiger partial charge on any atom is 0.0841 e. The van der Waals surface area contributed by atoms with Gasteiger partial charge in [-0.1, -0.05) is 36.4 Å². The van der Waals surface area contributed by atoms with E-state index in [1.165, 1.54) is 0 Å². The van der Waals surface area contributed by atoms with Gasteiger partial charge in [-0.25, -0.2) is 0 Å². The zero-order valence-corrected chi connectivity index (χ0v) is 10.5. The Hall–Kier alpha value is -1.53. The quantitative estimate of drug-likeness (QED) is 0.560. The van der Waals surface area contributed by atoms with Gasteiger partial charge in [0.25, 0.3) is 0 Å². The maximum atomic E-state index is 4.18. The third-order valence-electron chi connectivity index (χ3n) is 2.07. The fourth-order valence-corrected chi connectivity index (χ4v) is 1.69. The van der Waals surface area contributed by atoms with Crippen molar-refractivity contribution in [2.45, 2.75) is 0 Å². The lowest BCUT2D eigenvalue weighted by molar-refractivity contribution is 1.25. The Morgan fingerprint density at radius 3 is 1.38 bits per heavy atom. The van der Waals surface area contributed by atoms with Crippen molar-refractivity contribution in [3.05, 3.63) is 48.5 Å². The molecule has 0 aliphatic rings. The molecule has 0 N–H and O–H groups in total. The van der Waals surface area contributed by atoms with Gasteiger partial charge in [-0.15, -0.1) is 0 Å². The fraction of sp³-hybridized carbons (Fsp3) is 0. The molecular formula is C12H8N2Si2. The highest BCUT2D eigenvalue weighted by Gasteiger charge is 1.96. The third kappa shape index (κ3) is 2.53. The molecule has 2 nitrogen and oxygen atoms in total. The molecule has 0 unspecified atom stereocenters. The number of hydrogen-bond donors (Lipinski definition) is 0. The summed E-state index contributed by atoms with van der Waals surface area (Å²) >= 11 is 0. The van der Waals surface area contributed by atoms with Gasteiger partial charge in [-0.05, 0) is 22.5 Å². The first-order valence-electron chi connectivity index (χ1n) is 4.80. The summed E-state index contributed by atoms with van der Waals surface area (Å²) in [6, 6.07) is 15.4. The first kappa shape index (κ1) is 11.0. The van der Waals surface area contributed by atoms with Crippen LogP contribution in [0.2, 0.25) is 0 Å². The second-order valence-electron chi connectivity index (χ2n) is 3.23. The van der Waals surface area contributed by atoms with E-state index >= 15 is 0 Å². The summed E-state index contributed by atoms with van der Waals surface area (Å²) in [4.78, 5) is 0. The number of hydrogen-bond acceptors (Lipinski definition) is 2. The minimum atomic E-state index is 0.814. The fourth-order valence-electron chi connectivity index (χ4n) is 1.23. The smallest absolute Gasteiger partial charge is 0.0841 e. The first-order chi connectivity index (χ1) is 7.77. The predicted molar refractivity (Wildman–Crippen MR) is 67.8 cm³/mol. The molecule has 0 saturated heterocycles. The maximum absolute atomic E-state index is 4.18. The van der Waals surface area contributed by atoms with Crippen molar-refractivity contribution in [2.24, 2.45) is 10.2 Å². The van der Waals surface area contributed by atoms with Crippen molar-refractivity contribution in [3.8, 4) is 0 Å². The predicted octanol–water partition coefficient (Wildman–Crippen LogP) is 1.69. The molecule has 0 aromatic heterocycles. The number of azo groups is 1. The molecule has 4 heteroatoms. The number of nitrogens with zero attached hydrogens (tertiary/aromatic N) is 2. The van der Waals surface area contributed by atoms with Crippen molar-refractivity contribution in [3.63, 3.8) is 0 Å². The van der Waals surface area contributed by atoms with Gasteiger partial charge >= 0.3 is 0 Å². The van der Waals surface area contributed by atoms with Crippen LogP contribution < -0.4 is 10.4 Å². The standard InChI is InChI=1S/C12H8N2Si2/c15-11-7-3-1-5-9(11)13-14-10-6-2-4-8-12(10)16/h1-8H. The summed E-state index contributed by atoms with van der Waals surface area (Å²) in [5.41, 5.74) is 1.63. The highest BCUT2D eigenvalue weighted by atomic mass is 28.1. The molecule has 0 fully saturated rings. The van der Waals surface area contributed by atoms with Crippen molar-refractivity contribution in [1.82, 2.24) is 0 Å². The SMILES string of the molecule is [Si]c1ccccc1N=Nc1ccccc1[Si]. The molecule has 0 heterocycles. The van der Waals surface area contributed by atoms with E-state index in [1.54, 1.807) is 0 Å². The lowest BCUT2D eigenvalue weighted by Crippen LogP contribution is -2.02. The molecule has 0 aliphatic carbocycles. The topological polar surface area (TPSA) is 24.7 Å². The molecule has 0 saturated carbocycles. The molecule has 0 aliphatic heterocycles. The van der Waals surface area contributed by atoms with E-state index in [9.17, 15) is 0 Å². The largest absolute Gasteiger partial charge is 0.151 e. The lowest BCUT2D eigenvalue weighted by Gasteiger charge is -1.99. The van der Waals surface area contributed by atoms with E-state index < -0.39 is 0 Å². The van der Waals surface area contributed by atoms with E-state index in [-0.39, 0.29) is 0 Å². The molecule has 74 valence electrons. The zero-order chi connectivity index (χ0) is 11.4. The molecule has 2 aromatic rings. The Morgan fingerprint density at radius 2 is 1.00 bits per heavy atom. The average Bonchev–Trinajstić information content (AvgIpc) is 2.30. The second kappa shape index (κ2) is 5.00. The lowest BCUT2D eigenvalue weighted by atomic mass is 10.3. The summed E-state index contributed by atoms with van der Waals surface area (Å²) in [5, 5.41) is 10.2. The van der Waals surface area contributed by atoms with Gasteiger partial charge in [0.1, 0.15) is 0 Å². The third-order valence-corrected chi connectivity index (χ3v) is 2.92. The van der Waals surface area contributed by atoms with Crippen molar-refractivity contribution >= 4 is 42.2 Å². The van der Waals surface area contributed by atoms with Crippen LogP contribution in [0.1, 0.15) is 0 Å². The van der Waals surface area contributed by atoms with E-state index in [0.717, 1.165) is 21.7 Å². The molecule has 0 bridgehead atoms. The summed E-state index contributed by atoms with van der Waals surface area (Å²) in [7, 11) is 6.95. The van der Waals surface area contributed by atoms with Crippen molar-refractivity contribution in [2.75, 3.05) is 0 Å². The molecular weight excluding hydrogens is 228 g/mol. The van der Waals surface area contributed by atoms with Crippen LogP contribution in [-0.4, -0.2) is 20.5 Å². The molecule has 0 amide bonds. The highest BCUT2D eigenvalue weighted by Crippen LogP contribution is 2.13. The van der Waals surface area contributed by atoms with E-state index in [4.69, 9.17) is 0 Å². The summed E-state index contributed by atoms with van der Waals surface area (Å²) < 4.78 is 0. The Bertz CT molecular complexity index is 476. The van der Waals surface area contributed by atoms with Gasteiger partial charge < -0.3 is 0 Å². The summed E-state index contributed by atoms with van der Waals surface area (Å²) in [6.45, 7) is 0. The Kier molecular flexibility index (Phi) is 3.43. The van der Waals surface area contributed by atoms with Crippen LogP contribution in [0, 0.1) is 0 Å². The van der Waals surface area contributed by atoms with Gasteiger partial charge in [-0.2, -0.15) is 10.2 Å². The Balaban J connectivity index is 2.29. The monoisotopic (exact) mass is 236 g/mol. The van der Waals surface area contributed by atoms with Crippen LogP contribution in [0.15, 0.2) is 58.8 Å². The summed E-state index contributed by atoms with van der Waals surface area (Å²) in [6.07, 6.45) is 0. The first-order valence-corrected chi connectivity index (χ1v) is 5.80. The highest BCUT2D eigenvalue weighted by molar-refractivity contribution is 6.36. The van der Waals surface area contributed by atoms with Gasteiger partial charge in [0.05, 0.1) is 31.9 Å². The minimum absolute atomic E-state index is 0.814. The number of benzene rings is 2. The molecule has 0 atom stereocenters. The molecule has 0 spiro atoms. The van der Waals surface area contributed by atoms with Gasteiger partial charge in [0.15, 0.2) is 0 Å². The van der Waals surface area contributed by atoms with E-state index in [0.29, 0.717) is 0 Å². The van der Waals surface area contributed by atoms with E-state index in [2.05, 4.69) is 30.7 Å². The van der Waals surface area contributed by atoms with Crippen LogP contribution in [-0.2, 0) is 0 Å². The number of rotatable bonds is 2. The second-order valence-corrected chi connectivity index (χ2v) is 4.31. The normalized spacial score (nSPS) is 10.9. The van der Waals surface area contributed by atoms with Gasteiger partial charge in [0, 0.05) is 0 Å². The minimum Gasteiger partial charge on any atom is -0.151 e. The van der Waals surface area contributed by atoms with Crippen LogP contribution in [0.25, 0.3) is 0 Å². The molecule has 16 heavy (non-hydrogen) atoms. The van der Waals surface area contributed by atoms with E-state index in [1.807, 2.05) is 48.5 Å². The zero-order valence-electron chi connectivity index (χ0n) is 8.51. The Morgan fingerprint density at radius 1 is 0.625 bits per heavy atom. The van der Waals surface area contributed by atoms with Crippen LogP contribution in [0.3, 0.4) is 0 Å². The van der Waals surface area contributed by atoms with Crippen molar-refractivity contribution < 1.29 is 0 Å². The molecule has 6 radical (unpaired) electrons. The molecule has 2 aromatic carbocycles. The van der Waals surface area contributed by atoms with Crippen molar-refractivity contribution in [1.29, 1.82) is 0 Å². The van der Waals surface area contributed by atoms with Crippen LogP contribution >= 0.6 is 0 Å². The van der Waals surface area contributed by atoms with Crippen LogP contribution in [0.4, 0.5) is 11.4 Å².